The molecule has 1 heterocycles. The Labute approximate surface area is 134 Å². The molecule has 0 saturated carbocycles. The highest BCUT2D eigenvalue weighted by atomic mass is 16.2. The van der Waals surface area contributed by atoms with Gasteiger partial charge in [-0.3, -0.25) is 4.90 Å². The van der Waals surface area contributed by atoms with Crippen molar-refractivity contribution >= 4 is 6.03 Å². The molecule has 0 aliphatic carbocycles. The minimum Gasteiger partial charge on any atom is -0.336 e. The number of piperidine rings is 1. The van der Waals surface area contributed by atoms with Crippen molar-refractivity contribution < 1.29 is 4.79 Å². The van der Waals surface area contributed by atoms with Crippen molar-refractivity contribution in [1.29, 1.82) is 0 Å². The zero-order valence-electron chi connectivity index (χ0n) is 14.1. The van der Waals surface area contributed by atoms with Gasteiger partial charge in [-0.15, -0.1) is 0 Å². The van der Waals surface area contributed by atoms with Crippen LogP contribution in [0, 0.1) is 6.92 Å². The lowest BCUT2D eigenvalue weighted by molar-refractivity contribution is 0.0960. The second-order valence-corrected chi connectivity index (χ2v) is 6.88. The Morgan fingerprint density at radius 2 is 1.73 bits per heavy atom. The topological polar surface area (TPSA) is 44.4 Å². The first-order valence-electron chi connectivity index (χ1n) is 8.30. The monoisotopic (exact) mass is 303 g/mol. The van der Waals surface area contributed by atoms with Crippen molar-refractivity contribution in [2.24, 2.45) is 0 Å². The van der Waals surface area contributed by atoms with Gasteiger partial charge < -0.3 is 10.6 Å². The fraction of sp³-hybridized carbons (Fsp3) is 0.611. The molecule has 0 bridgehead atoms. The first kappa shape index (κ1) is 16.8. The molecule has 2 rings (SSSR count). The summed E-state index contributed by atoms with van der Waals surface area (Å²) in [6.45, 7) is 9.99. The molecule has 1 aromatic rings. The van der Waals surface area contributed by atoms with Crippen molar-refractivity contribution in [2.75, 3.05) is 19.6 Å². The van der Waals surface area contributed by atoms with E-state index >= 15 is 0 Å². The molecular formula is C18H29N3O. The van der Waals surface area contributed by atoms with Gasteiger partial charge in [0.15, 0.2) is 0 Å². The molecule has 1 aliphatic rings. The summed E-state index contributed by atoms with van der Waals surface area (Å²) in [5, 5.41) is 5.94. The highest BCUT2D eigenvalue weighted by Gasteiger charge is 2.28. The van der Waals surface area contributed by atoms with E-state index in [9.17, 15) is 4.79 Å². The molecule has 2 amide bonds. The first-order valence-corrected chi connectivity index (χ1v) is 8.30. The van der Waals surface area contributed by atoms with Crippen LogP contribution in [0.5, 0.6) is 0 Å². The summed E-state index contributed by atoms with van der Waals surface area (Å²) in [4.78, 5) is 14.5. The number of hydrogen-bond acceptors (Lipinski definition) is 2. The molecule has 1 fully saturated rings. The average Bonchev–Trinajstić information content (AvgIpc) is 2.53. The number of likely N-dealkylation sites (tertiary alicyclic amines) is 1. The second-order valence-electron chi connectivity index (χ2n) is 6.88. The van der Waals surface area contributed by atoms with E-state index in [4.69, 9.17) is 0 Å². The third-order valence-corrected chi connectivity index (χ3v) is 4.47. The molecular weight excluding hydrogens is 274 g/mol. The van der Waals surface area contributed by atoms with E-state index in [-0.39, 0.29) is 11.6 Å². The summed E-state index contributed by atoms with van der Waals surface area (Å²) < 4.78 is 0. The third-order valence-electron chi connectivity index (χ3n) is 4.47. The second kappa shape index (κ2) is 7.63. The van der Waals surface area contributed by atoms with E-state index in [2.05, 4.69) is 48.4 Å². The molecule has 1 saturated heterocycles. The first-order chi connectivity index (χ1) is 10.5. The number of aryl methyl sites for hydroxylation is 1. The fourth-order valence-electron chi connectivity index (χ4n) is 2.86. The lowest BCUT2D eigenvalue weighted by Gasteiger charge is -2.41. The number of carbonyl (C=O) groups is 1. The Morgan fingerprint density at radius 3 is 2.36 bits per heavy atom. The van der Waals surface area contributed by atoms with Crippen LogP contribution in [0.4, 0.5) is 4.79 Å². The number of urea groups is 1. The van der Waals surface area contributed by atoms with E-state index < -0.39 is 0 Å². The number of hydrogen-bond donors (Lipinski definition) is 2. The highest BCUT2D eigenvalue weighted by molar-refractivity contribution is 5.73. The van der Waals surface area contributed by atoms with Gasteiger partial charge in [0.05, 0.1) is 0 Å². The SMILES string of the molecule is Cc1ccc(CNC(=O)NCC(C)(C)N2CCCCC2)cc1. The zero-order valence-corrected chi connectivity index (χ0v) is 14.1. The molecule has 0 spiro atoms. The maximum atomic E-state index is 12.0. The van der Waals surface area contributed by atoms with Gasteiger partial charge >= 0.3 is 6.03 Å². The molecule has 2 N–H and O–H groups in total. The van der Waals surface area contributed by atoms with Gasteiger partial charge in [0, 0.05) is 18.6 Å². The van der Waals surface area contributed by atoms with Crippen LogP contribution in [-0.4, -0.2) is 36.1 Å². The van der Waals surface area contributed by atoms with Crippen molar-refractivity contribution in [2.45, 2.75) is 52.1 Å². The number of carbonyl (C=O) groups excluding carboxylic acids is 1. The molecule has 0 radical (unpaired) electrons. The average molecular weight is 303 g/mol. The molecule has 0 unspecified atom stereocenters. The smallest absolute Gasteiger partial charge is 0.315 e. The van der Waals surface area contributed by atoms with Gasteiger partial charge in [0.25, 0.3) is 0 Å². The number of rotatable bonds is 5. The highest BCUT2D eigenvalue weighted by Crippen LogP contribution is 2.19. The minimum atomic E-state index is -0.0920. The van der Waals surface area contributed by atoms with E-state index in [1.165, 1.54) is 24.8 Å². The molecule has 4 nitrogen and oxygen atoms in total. The van der Waals surface area contributed by atoms with Crippen LogP contribution in [0.1, 0.15) is 44.2 Å². The fourth-order valence-corrected chi connectivity index (χ4v) is 2.86. The van der Waals surface area contributed by atoms with Crippen molar-refractivity contribution in [3.63, 3.8) is 0 Å². The van der Waals surface area contributed by atoms with Crippen molar-refractivity contribution in [1.82, 2.24) is 15.5 Å². The molecule has 22 heavy (non-hydrogen) atoms. The van der Waals surface area contributed by atoms with Crippen LogP contribution in [0.2, 0.25) is 0 Å². The van der Waals surface area contributed by atoms with Gasteiger partial charge in [-0.05, 0) is 52.3 Å². The third kappa shape index (κ3) is 5.02. The Hall–Kier alpha value is -1.55. The van der Waals surface area contributed by atoms with Crippen LogP contribution in [0.3, 0.4) is 0 Å². The summed E-state index contributed by atoms with van der Waals surface area (Å²) in [5.41, 5.74) is 2.37. The molecule has 122 valence electrons. The molecule has 4 heteroatoms. The number of nitrogens with one attached hydrogen (secondary N) is 2. The Kier molecular flexibility index (Phi) is 5.83. The Balaban J connectivity index is 1.73. The quantitative estimate of drug-likeness (QED) is 0.878. The van der Waals surface area contributed by atoms with Crippen LogP contribution in [0.25, 0.3) is 0 Å². The summed E-state index contributed by atoms with van der Waals surface area (Å²) >= 11 is 0. The predicted octanol–water partition coefficient (Wildman–Crippen LogP) is 3.06. The van der Waals surface area contributed by atoms with Gasteiger partial charge in [0.2, 0.25) is 0 Å². The zero-order chi connectivity index (χ0) is 16.0. The minimum absolute atomic E-state index is 0.0155. The lowest BCUT2D eigenvalue weighted by atomic mass is 9.98. The molecule has 1 aromatic carbocycles. The summed E-state index contributed by atoms with van der Waals surface area (Å²) in [6, 6.07) is 8.13. The van der Waals surface area contributed by atoms with E-state index in [0.29, 0.717) is 13.1 Å². The van der Waals surface area contributed by atoms with Crippen molar-refractivity contribution in [3.8, 4) is 0 Å². The lowest BCUT2D eigenvalue weighted by Crippen LogP contribution is -2.54. The van der Waals surface area contributed by atoms with Crippen LogP contribution in [-0.2, 0) is 6.54 Å². The van der Waals surface area contributed by atoms with E-state index in [0.717, 1.165) is 18.7 Å². The van der Waals surface area contributed by atoms with E-state index in [1.807, 2.05) is 12.1 Å². The van der Waals surface area contributed by atoms with Gasteiger partial charge in [-0.1, -0.05) is 36.2 Å². The standard InChI is InChI=1S/C18H29N3O/c1-15-7-9-16(10-8-15)13-19-17(22)20-14-18(2,3)21-11-5-4-6-12-21/h7-10H,4-6,11-14H2,1-3H3,(H2,19,20,22). The van der Waals surface area contributed by atoms with Gasteiger partial charge in [0.1, 0.15) is 0 Å². The summed E-state index contributed by atoms with van der Waals surface area (Å²) in [7, 11) is 0. The molecule has 0 atom stereocenters. The normalized spacial score (nSPS) is 16.3. The largest absolute Gasteiger partial charge is 0.336 e. The number of benzene rings is 1. The maximum Gasteiger partial charge on any atom is 0.315 e. The predicted molar refractivity (Wildman–Crippen MR) is 90.9 cm³/mol. The Bertz CT molecular complexity index is 476. The van der Waals surface area contributed by atoms with Crippen LogP contribution < -0.4 is 10.6 Å². The maximum absolute atomic E-state index is 12.0. The van der Waals surface area contributed by atoms with Crippen molar-refractivity contribution in [3.05, 3.63) is 35.4 Å². The number of amides is 2. The van der Waals surface area contributed by atoms with Crippen LogP contribution in [0.15, 0.2) is 24.3 Å². The summed E-state index contributed by atoms with van der Waals surface area (Å²) in [6.07, 6.45) is 3.86. The number of nitrogens with zero attached hydrogens (tertiary/aromatic N) is 1. The molecule has 1 aliphatic heterocycles. The van der Waals surface area contributed by atoms with Crippen LogP contribution >= 0.6 is 0 Å². The van der Waals surface area contributed by atoms with E-state index in [1.54, 1.807) is 0 Å². The molecule has 0 aromatic heterocycles. The summed E-state index contributed by atoms with van der Waals surface area (Å²) in [5.74, 6) is 0. The Morgan fingerprint density at radius 1 is 1.09 bits per heavy atom. The van der Waals surface area contributed by atoms with Gasteiger partial charge in [-0.2, -0.15) is 0 Å². The van der Waals surface area contributed by atoms with Gasteiger partial charge in [-0.25, -0.2) is 4.79 Å².